The average molecular weight is 438 g/mol. The zero-order valence-electron chi connectivity index (χ0n) is 15.9. The highest BCUT2D eigenvalue weighted by Gasteiger charge is 2.34. The first-order valence-corrected chi connectivity index (χ1v) is 10.3. The smallest absolute Gasteiger partial charge is 0.445 e. The Bertz CT molecular complexity index is 877. The fraction of sp³-hybridized carbons (Fsp3) is 0.333. The number of thioether (sulfide) groups is 1. The van der Waals surface area contributed by atoms with Gasteiger partial charge in [0.2, 0.25) is 5.91 Å². The molecule has 0 aromatic heterocycles. The molecular weight excluding hydrogens is 417 g/mol. The number of nitrogens with one attached hydrogen (secondary N) is 2. The number of hydrogen-bond acceptors (Lipinski definition) is 4. The van der Waals surface area contributed by atoms with Crippen LogP contribution in [0.2, 0.25) is 0 Å². The van der Waals surface area contributed by atoms with Gasteiger partial charge in [-0.05, 0) is 48.4 Å². The number of anilines is 1. The molecule has 2 unspecified atom stereocenters. The number of amides is 2. The Morgan fingerprint density at radius 3 is 2.57 bits per heavy atom. The van der Waals surface area contributed by atoms with E-state index in [9.17, 15) is 22.8 Å². The van der Waals surface area contributed by atoms with Crippen LogP contribution in [0.5, 0.6) is 0 Å². The molecule has 0 heterocycles. The molecule has 2 N–H and O–H groups in total. The van der Waals surface area contributed by atoms with Crippen LogP contribution in [0, 0.1) is 5.92 Å². The van der Waals surface area contributed by atoms with E-state index in [-0.39, 0.29) is 40.9 Å². The van der Waals surface area contributed by atoms with E-state index in [0.29, 0.717) is 12.8 Å². The molecule has 30 heavy (non-hydrogen) atoms. The van der Waals surface area contributed by atoms with Crippen LogP contribution in [-0.2, 0) is 16.1 Å². The number of carbonyl (C=O) groups excluding carboxylic acids is 2. The largest absolute Gasteiger partial charge is 0.446 e. The Morgan fingerprint density at radius 1 is 1.07 bits per heavy atom. The summed E-state index contributed by atoms with van der Waals surface area (Å²) < 4.78 is 42.9. The lowest BCUT2D eigenvalue weighted by atomic mass is 10.0. The molecule has 0 bridgehead atoms. The van der Waals surface area contributed by atoms with E-state index in [1.54, 1.807) is 0 Å². The molecular formula is C21H21F3N2O3S. The molecule has 2 aromatic rings. The van der Waals surface area contributed by atoms with Gasteiger partial charge in [-0.1, -0.05) is 42.8 Å². The SMILES string of the molecule is O=C(NC1CCCC1C(=O)Nc1cccc(SC(F)(F)F)c1)OCc1ccccc1. The van der Waals surface area contributed by atoms with Gasteiger partial charge in [-0.15, -0.1) is 0 Å². The second-order valence-electron chi connectivity index (χ2n) is 6.91. The summed E-state index contributed by atoms with van der Waals surface area (Å²) in [7, 11) is 0. The molecule has 0 saturated heterocycles. The third-order valence-corrected chi connectivity index (χ3v) is 5.42. The van der Waals surface area contributed by atoms with Crippen LogP contribution in [0.3, 0.4) is 0 Å². The van der Waals surface area contributed by atoms with E-state index in [1.807, 2.05) is 30.3 Å². The van der Waals surface area contributed by atoms with Gasteiger partial charge < -0.3 is 15.4 Å². The zero-order valence-corrected chi connectivity index (χ0v) is 16.8. The zero-order chi connectivity index (χ0) is 21.6. The van der Waals surface area contributed by atoms with Crippen molar-refractivity contribution in [3.05, 3.63) is 60.2 Å². The van der Waals surface area contributed by atoms with E-state index in [0.717, 1.165) is 12.0 Å². The van der Waals surface area contributed by atoms with Crippen LogP contribution in [0.15, 0.2) is 59.5 Å². The Morgan fingerprint density at radius 2 is 1.83 bits per heavy atom. The second-order valence-corrected chi connectivity index (χ2v) is 8.05. The molecule has 3 rings (SSSR count). The normalized spacial score (nSPS) is 18.6. The molecule has 1 aliphatic carbocycles. The predicted octanol–water partition coefficient (Wildman–Crippen LogP) is 5.33. The van der Waals surface area contributed by atoms with Crippen LogP contribution in [0.1, 0.15) is 24.8 Å². The number of halogens is 3. The van der Waals surface area contributed by atoms with Crippen LogP contribution in [-0.4, -0.2) is 23.6 Å². The molecule has 1 saturated carbocycles. The van der Waals surface area contributed by atoms with Crippen LogP contribution < -0.4 is 10.6 Å². The number of benzene rings is 2. The molecule has 1 fully saturated rings. The molecule has 2 aromatic carbocycles. The first-order chi connectivity index (χ1) is 14.3. The predicted molar refractivity (Wildman–Crippen MR) is 108 cm³/mol. The van der Waals surface area contributed by atoms with Gasteiger partial charge in [0.15, 0.2) is 0 Å². The van der Waals surface area contributed by atoms with E-state index in [4.69, 9.17) is 4.74 Å². The highest BCUT2D eigenvalue weighted by Crippen LogP contribution is 2.37. The van der Waals surface area contributed by atoms with Crippen molar-refractivity contribution in [2.45, 2.75) is 42.3 Å². The van der Waals surface area contributed by atoms with Gasteiger partial charge in [0, 0.05) is 16.6 Å². The molecule has 2 atom stereocenters. The van der Waals surface area contributed by atoms with Gasteiger partial charge in [-0.3, -0.25) is 4.79 Å². The first-order valence-electron chi connectivity index (χ1n) is 9.44. The summed E-state index contributed by atoms with van der Waals surface area (Å²) >= 11 is -0.238. The molecule has 9 heteroatoms. The third kappa shape index (κ3) is 6.69. The molecule has 1 aliphatic rings. The van der Waals surface area contributed by atoms with Crippen molar-refractivity contribution in [1.29, 1.82) is 0 Å². The van der Waals surface area contributed by atoms with E-state index in [2.05, 4.69) is 10.6 Å². The quantitative estimate of drug-likeness (QED) is 0.598. The lowest BCUT2D eigenvalue weighted by Gasteiger charge is -2.20. The number of rotatable bonds is 6. The van der Waals surface area contributed by atoms with Crippen molar-refractivity contribution in [3.63, 3.8) is 0 Å². The number of carbonyl (C=O) groups is 2. The maximum Gasteiger partial charge on any atom is 0.446 e. The number of alkyl carbamates (subject to hydrolysis) is 1. The summed E-state index contributed by atoms with van der Waals surface area (Å²) in [5.74, 6) is -0.816. The maximum absolute atomic E-state index is 12.7. The minimum Gasteiger partial charge on any atom is -0.445 e. The molecule has 5 nitrogen and oxygen atoms in total. The fourth-order valence-electron chi connectivity index (χ4n) is 3.37. The maximum atomic E-state index is 12.7. The van der Waals surface area contributed by atoms with Gasteiger partial charge in [-0.25, -0.2) is 4.79 Å². The van der Waals surface area contributed by atoms with Crippen molar-refractivity contribution in [2.24, 2.45) is 5.92 Å². The van der Waals surface area contributed by atoms with Crippen LogP contribution >= 0.6 is 11.8 Å². The van der Waals surface area contributed by atoms with Crippen molar-refractivity contribution in [1.82, 2.24) is 5.32 Å². The average Bonchev–Trinajstić information content (AvgIpc) is 3.14. The van der Waals surface area contributed by atoms with Crippen molar-refractivity contribution in [2.75, 3.05) is 5.32 Å². The van der Waals surface area contributed by atoms with E-state index < -0.39 is 17.5 Å². The minimum atomic E-state index is -4.40. The van der Waals surface area contributed by atoms with Gasteiger partial charge in [-0.2, -0.15) is 13.2 Å². The van der Waals surface area contributed by atoms with Crippen molar-refractivity contribution >= 4 is 29.4 Å². The molecule has 2 amide bonds. The molecule has 0 spiro atoms. The summed E-state index contributed by atoms with van der Waals surface area (Å²) in [5.41, 5.74) is -3.26. The van der Waals surface area contributed by atoms with E-state index in [1.165, 1.54) is 24.3 Å². The second kappa shape index (κ2) is 9.88. The van der Waals surface area contributed by atoms with Gasteiger partial charge in [0.25, 0.3) is 0 Å². The molecule has 0 aliphatic heterocycles. The Balaban J connectivity index is 1.54. The summed E-state index contributed by atoms with van der Waals surface area (Å²) in [4.78, 5) is 24.7. The first kappa shape index (κ1) is 22.0. The van der Waals surface area contributed by atoms with Gasteiger partial charge in [0.1, 0.15) is 6.61 Å². The Labute approximate surface area is 176 Å². The third-order valence-electron chi connectivity index (χ3n) is 4.70. The van der Waals surface area contributed by atoms with Gasteiger partial charge in [0.05, 0.1) is 5.92 Å². The summed E-state index contributed by atoms with van der Waals surface area (Å²) in [6, 6.07) is 14.4. The fourth-order valence-corrected chi connectivity index (χ4v) is 3.97. The van der Waals surface area contributed by atoms with Crippen molar-refractivity contribution < 1.29 is 27.5 Å². The monoisotopic (exact) mass is 438 g/mol. The van der Waals surface area contributed by atoms with Crippen molar-refractivity contribution in [3.8, 4) is 0 Å². The van der Waals surface area contributed by atoms with Gasteiger partial charge >= 0.3 is 11.6 Å². The summed E-state index contributed by atoms with van der Waals surface area (Å²) in [6.45, 7) is 0.125. The molecule has 160 valence electrons. The van der Waals surface area contributed by atoms with Crippen LogP contribution in [0.25, 0.3) is 0 Å². The molecule has 0 radical (unpaired) electrons. The standard InChI is InChI=1S/C21H21F3N2O3S/c22-21(23,24)30-16-9-4-8-15(12-16)25-19(27)17-10-5-11-18(17)26-20(28)29-13-14-6-2-1-3-7-14/h1-4,6-9,12,17-18H,5,10-11,13H2,(H,25,27)(H,26,28). The Hall–Kier alpha value is -2.68. The number of hydrogen-bond donors (Lipinski definition) is 2. The minimum absolute atomic E-state index is 0.00844. The topological polar surface area (TPSA) is 67.4 Å². The lowest BCUT2D eigenvalue weighted by Crippen LogP contribution is -2.42. The summed E-state index contributed by atoms with van der Waals surface area (Å²) in [5, 5.41) is 5.39. The number of alkyl halides is 3. The lowest BCUT2D eigenvalue weighted by molar-refractivity contribution is -0.120. The highest BCUT2D eigenvalue weighted by atomic mass is 32.2. The van der Waals surface area contributed by atoms with Crippen LogP contribution in [0.4, 0.5) is 23.7 Å². The Kier molecular flexibility index (Phi) is 7.25. The number of ether oxygens (including phenoxy) is 1. The highest BCUT2D eigenvalue weighted by molar-refractivity contribution is 8.00. The van der Waals surface area contributed by atoms with E-state index >= 15 is 0 Å². The summed E-state index contributed by atoms with van der Waals surface area (Å²) in [6.07, 6.45) is 1.35.